The van der Waals surface area contributed by atoms with Crippen LogP contribution in [0.1, 0.15) is 26.2 Å². The molecule has 0 heterocycles. The molecule has 4 heteroatoms. The highest BCUT2D eigenvalue weighted by molar-refractivity contribution is 7.98. The Hall–Kier alpha value is -1.00. The molecule has 0 saturated heterocycles. The lowest BCUT2D eigenvalue weighted by Gasteiger charge is -2.10. The summed E-state index contributed by atoms with van der Waals surface area (Å²) in [5, 5.41) is 2.93. The van der Waals surface area contributed by atoms with E-state index in [4.69, 9.17) is 5.73 Å². The molecular formula is C14H22N2OS. The summed E-state index contributed by atoms with van der Waals surface area (Å²) in [4.78, 5) is 12.9. The van der Waals surface area contributed by atoms with Gasteiger partial charge in [0.1, 0.15) is 0 Å². The number of anilines is 1. The van der Waals surface area contributed by atoms with E-state index in [-0.39, 0.29) is 5.91 Å². The third kappa shape index (κ3) is 5.56. The highest BCUT2D eigenvalue weighted by Crippen LogP contribution is 2.19. The van der Waals surface area contributed by atoms with Crippen molar-refractivity contribution in [1.29, 1.82) is 0 Å². The van der Waals surface area contributed by atoms with E-state index >= 15 is 0 Å². The predicted octanol–water partition coefficient (Wildman–Crippen LogP) is 3.11. The molecule has 3 nitrogen and oxygen atoms in total. The van der Waals surface area contributed by atoms with Crippen molar-refractivity contribution in [2.45, 2.75) is 31.1 Å². The third-order valence-electron chi connectivity index (χ3n) is 2.88. The molecule has 1 aromatic rings. The molecule has 1 rings (SSSR count). The lowest BCUT2D eigenvalue weighted by Crippen LogP contribution is -2.14. The lowest BCUT2D eigenvalue weighted by atomic mass is 10.0. The number of thioether (sulfide) groups is 1. The van der Waals surface area contributed by atoms with Crippen molar-refractivity contribution in [3.8, 4) is 0 Å². The standard InChI is InChI=1S/C14H22N2OS/c1-11(8-9-15)6-7-14(17)16-12-4-3-5-13(10-12)18-2/h3-5,10-11H,6-9,15H2,1-2H3,(H,16,17). The van der Waals surface area contributed by atoms with Crippen LogP contribution in [0.4, 0.5) is 5.69 Å². The second-order valence-electron chi connectivity index (χ2n) is 4.50. The summed E-state index contributed by atoms with van der Waals surface area (Å²) in [5.41, 5.74) is 6.36. The molecule has 0 bridgehead atoms. The molecule has 0 aliphatic rings. The van der Waals surface area contributed by atoms with Gasteiger partial charge in [-0.3, -0.25) is 4.79 Å². The van der Waals surface area contributed by atoms with Gasteiger partial charge in [-0.1, -0.05) is 13.0 Å². The van der Waals surface area contributed by atoms with E-state index in [0.717, 1.165) is 23.4 Å². The van der Waals surface area contributed by atoms with Gasteiger partial charge < -0.3 is 11.1 Å². The lowest BCUT2D eigenvalue weighted by molar-refractivity contribution is -0.116. The highest BCUT2D eigenvalue weighted by Gasteiger charge is 2.06. The topological polar surface area (TPSA) is 55.1 Å². The fourth-order valence-corrected chi connectivity index (χ4v) is 2.19. The molecule has 3 N–H and O–H groups in total. The van der Waals surface area contributed by atoms with E-state index in [1.54, 1.807) is 11.8 Å². The normalized spacial score (nSPS) is 12.2. The Balaban J connectivity index is 2.39. The molecular weight excluding hydrogens is 244 g/mol. The van der Waals surface area contributed by atoms with Gasteiger partial charge in [0.15, 0.2) is 0 Å². The molecule has 0 aliphatic carbocycles. The first kappa shape index (κ1) is 15.1. The molecule has 0 fully saturated rings. The van der Waals surface area contributed by atoms with Crippen molar-refractivity contribution in [2.24, 2.45) is 11.7 Å². The third-order valence-corrected chi connectivity index (χ3v) is 3.60. The molecule has 100 valence electrons. The first-order chi connectivity index (χ1) is 8.65. The van der Waals surface area contributed by atoms with Gasteiger partial charge in [-0.05, 0) is 49.8 Å². The summed E-state index contributed by atoms with van der Waals surface area (Å²) in [6.07, 6.45) is 4.46. The Morgan fingerprint density at radius 2 is 2.22 bits per heavy atom. The Bertz CT molecular complexity index is 382. The Labute approximate surface area is 114 Å². The van der Waals surface area contributed by atoms with Crippen LogP contribution in [0.3, 0.4) is 0 Å². The monoisotopic (exact) mass is 266 g/mol. The smallest absolute Gasteiger partial charge is 0.224 e. The number of hydrogen-bond acceptors (Lipinski definition) is 3. The number of hydrogen-bond donors (Lipinski definition) is 2. The average Bonchev–Trinajstić information content (AvgIpc) is 2.37. The van der Waals surface area contributed by atoms with Gasteiger partial charge in [-0.2, -0.15) is 0 Å². The predicted molar refractivity (Wildman–Crippen MR) is 78.9 cm³/mol. The van der Waals surface area contributed by atoms with Crippen molar-refractivity contribution in [3.63, 3.8) is 0 Å². The molecule has 1 unspecified atom stereocenters. The minimum atomic E-state index is 0.0807. The van der Waals surface area contributed by atoms with Crippen LogP contribution in [-0.2, 0) is 4.79 Å². The van der Waals surface area contributed by atoms with Crippen LogP contribution in [0, 0.1) is 5.92 Å². The number of benzene rings is 1. The molecule has 0 radical (unpaired) electrons. The van der Waals surface area contributed by atoms with Gasteiger partial charge in [0.05, 0.1) is 0 Å². The molecule has 0 aromatic heterocycles. The van der Waals surface area contributed by atoms with Crippen LogP contribution in [-0.4, -0.2) is 18.7 Å². The van der Waals surface area contributed by atoms with E-state index < -0.39 is 0 Å². The summed E-state index contributed by atoms with van der Waals surface area (Å²) in [6.45, 7) is 2.83. The Morgan fingerprint density at radius 1 is 1.44 bits per heavy atom. The molecule has 18 heavy (non-hydrogen) atoms. The first-order valence-electron chi connectivity index (χ1n) is 6.29. The number of nitrogens with one attached hydrogen (secondary N) is 1. The summed E-state index contributed by atoms with van der Waals surface area (Å²) < 4.78 is 0. The van der Waals surface area contributed by atoms with Crippen LogP contribution in [0.5, 0.6) is 0 Å². The SMILES string of the molecule is CSc1cccc(NC(=O)CCC(C)CCN)c1. The van der Waals surface area contributed by atoms with Gasteiger partial charge >= 0.3 is 0 Å². The summed E-state index contributed by atoms with van der Waals surface area (Å²) >= 11 is 1.67. The Morgan fingerprint density at radius 3 is 2.89 bits per heavy atom. The van der Waals surface area contributed by atoms with Crippen molar-refractivity contribution < 1.29 is 4.79 Å². The molecule has 0 aliphatic heterocycles. The van der Waals surface area contributed by atoms with Gasteiger partial charge in [0.2, 0.25) is 5.91 Å². The van der Waals surface area contributed by atoms with E-state index in [1.165, 1.54) is 0 Å². The van der Waals surface area contributed by atoms with Crippen LogP contribution >= 0.6 is 11.8 Å². The number of rotatable bonds is 7. The van der Waals surface area contributed by atoms with Crippen LogP contribution < -0.4 is 11.1 Å². The number of nitrogens with two attached hydrogens (primary N) is 1. The number of amides is 1. The molecule has 1 atom stereocenters. The zero-order chi connectivity index (χ0) is 13.4. The van der Waals surface area contributed by atoms with Crippen LogP contribution in [0.15, 0.2) is 29.2 Å². The second-order valence-corrected chi connectivity index (χ2v) is 5.38. The van der Waals surface area contributed by atoms with Gasteiger partial charge in [0, 0.05) is 17.0 Å². The maximum atomic E-state index is 11.8. The highest BCUT2D eigenvalue weighted by atomic mass is 32.2. The summed E-state index contributed by atoms with van der Waals surface area (Å²) in [7, 11) is 0. The van der Waals surface area contributed by atoms with Crippen molar-refractivity contribution >= 4 is 23.4 Å². The molecule has 0 spiro atoms. The zero-order valence-electron chi connectivity index (χ0n) is 11.1. The van der Waals surface area contributed by atoms with Crippen molar-refractivity contribution in [1.82, 2.24) is 0 Å². The summed E-state index contributed by atoms with van der Waals surface area (Å²) in [5.74, 6) is 0.593. The van der Waals surface area contributed by atoms with Gasteiger partial charge in [0.25, 0.3) is 0 Å². The Kier molecular flexibility index (Phi) is 6.83. The summed E-state index contributed by atoms with van der Waals surface area (Å²) in [6, 6.07) is 7.90. The average molecular weight is 266 g/mol. The molecule has 1 amide bonds. The second kappa shape index (κ2) is 8.16. The quantitative estimate of drug-likeness (QED) is 0.746. The van der Waals surface area contributed by atoms with Gasteiger partial charge in [-0.25, -0.2) is 0 Å². The molecule has 1 aromatic carbocycles. The van der Waals surface area contributed by atoms with E-state index in [1.807, 2.05) is 30.5 Å². The van der Waals surface area contributed by atoms with Gasteiger partial charge in [-0.15, -0.1) is 11.8 Å². The first-order valence-corrected chi connectivity index (χ1v) is 7.52. The minimum absolute atomic E-state index is 0.0807. The van der Waals surface area contributed by atoms with Crippen molar-refractivity contribution in [2.75, 3.05) is 18.1 Å². The minimum Gasteiger partial charge on any atom is -0.330 e. The van der Waals surface area contributed by atoms with Crippen LogP contribution in [0.2, 0.25) is 0 Å². The van der Waals surface area contributed by atoms with Crippen LogP contribution in [0.25, 0.3) is 0 Å². The number of carbonyl (C=O) groups excluding carboxylic acids is 1. The fraction of sp³-hybridized carbons (Fsp3) is 0.500. The van der Waals surface area contributed by atoms with E-state index in [0.29, 0.717) is 18.9 Å². The largest absolute Gasteiger partial charge is 0.330 e. The van der Waals surface area contributed by atoms with Crippen molar-refractivity contribution in [3.05, 3.63) is 24.3 Å². The maximum Gasteiger partial charge on any atom is 0.224 e. The fourth-order valence-electron chi connectivity index (χ4n) is 1.73. The van der Waals surface area contributed by atoms with E-state index in [2.05, 4.69) is 12.2 Å². The molecule has 0 saturated carbocycles. The maximum absolute atomic E-state index is 11.8. The zero-order valence-corrected chi connectivity index (χ0v) is 11.9. The van der Waals surface area contributed by atoms with E-state index in [9.17, 15) is 4.79 Å². The number of carbonyl (C=O) groups is 1.